The number of carbonyl (C=O) groups excluding carboxylic acids is 1. The maximum absolute atomic E-state index is 12.9. The second kappa shape index (κ2) is 7.59. The van der Waals surface area contributed by atoms with E-state index in [1.807, 2.05) is 17.0 Å². The number of amides is 1. The summed E-state index contributed by atoms with van der Waals surface area (Å²) in [6.07, 6.45) is 6.22. The van der Waals surface area contributed by atoms with Crippen LogP contribution >= 0.6 is 11.8 Å². The Morgan fingerprint density at radius 3 is 2.52 bits per heavy atom. The quantitative estimate of drug-likeness (QED) is 0.722. The lowest BCUT2D eigenvalue weighted by Crippen LogP contribution is -2.32. The molecule has 3 rings (SSSR count). The predicted molar refractivity (Wildman–Crippen MR) is 89.6 cm³/mol. The van der Waals surface area contributed by atoms with Gasteiger partial charge in [0.05, 0.1) is 0 Å². The topological polar surface area (TPSA) is 33.2 Å². The van der Waals surface area contributed by atoms with Gasteiger partial charge in [0.2, 0.25) is 5.91 Å². The third-order valence-corrected chi connectivity index (χ3v) is 4.82. The molecule has 1 saturated carbocycles. The average molecular weight is 330 g/mol. The highest BCUT2D eigenvalue weighted by molar-refractivity contribution is 7.99. The molecular formula is C18H19FN2OS. The number of hydrogen-bond acceptors (Lipinski definition) is 3. The van der Waals surface area contributed by atoms with Gasteiger partial charge in [-0.25, -0.2) is 4.39 Å². The number of hydrogen-bond donors (Lipinski definition) is 0. The Labute approximate surface area is 139 Å². The van der Waals surface area contributed by atoms with Gasteiger partial charge in [0, 0.05) is 42.0 Å². The number of carbonyl (C=O) groups is 1. The standard InChI is InChI=1S/C18H19FN2OS/c19-15-1-5-17(6-2-15)23-12-9-18(22)21(16-3-4-16)13-14-7-10-20-11-8-14/h1-2,5-8,10-11,16H,3-4,9,12-13H2. The molecule has 0 spiro atoms. The molecule has 120 valence electrons. The van der Waals surface area contributed by atoms with Crippen molar-refractivity contribution in [3.63, 3.8) is 0 Å². The Balaban J connectivity index is 1.51. The van der Waals surface area contributed by atoms with Gasteiger partial charge >= 0.3 is 0 Å². The molecule has 5 heteroatoms. The molecule has 0 N–H and O–H groups in total. The van der Waals surface area contributed by atoms with Crippen molar-refractivity contribution < 1.29 is 9.18 Å². The number of halogens is 1. The molecule has 1 amide bonds. The minimum absolute atomic E-state index is 0.193. The first-order chi connectivity index (χ1) is 11.2. The van der Waals surface area contributed by atoms with Crippen molar-refractivity contribution in [1.29, 1.82) is 0 Å². The third kappa shape index (κ3) is 4.79. The molecule has 0 bridgehead atoms. The van der Waals surface area contributed by atoms with Crippen LogP contribution in [0.15, 0.2) is 53.7 Å². The molecule has 1 aromatic carbocycles. The number of benzene rings is 1. The van der Waals surface area contributed by atoms with Crippen LogP contribution in [0.2, 0.25) is 0 Å². The minimum atomic E-state index is -0.234. The van der Waals surface area contributed by atoms with E-state index in [9.17, 15) is 9.18 Å². The summed E-state index contributed by atoms with van der Waals surface area (Å²) in [5, 5.41) is 0. The molecule has 3 nitrogen and oxygen atoms in total. The molecule has 0 atom stereocenters. The van der Waals surface area contributed by atoms with E-state index in [0.717, 1.165) is 23.3 Å². The largest absolute Gasteiger partial charge is 0.335 e. The molecule has 0 unspecified atom stereocenters. The maximum atomic E-state index is 12.9. The van der Waals surface area contributed by atoms with E-state index in [2.05, 4.69) is 4.98 Å². The Hall–Kier alpha value is -1.88. The number of thioether (sulfide) groups is 1. The van der Waals surface area contributed by atoms with E-state index >= 15 is 0 Å². The van der Waals surface area contributed by atoms with Gasteiger partial charge in [-0.15, -0.1) is 11.8 Å². The van der Waals surface area contributed by atoms with Crippen molar-refractivity contribution in [3.05, 3.63) is 60.2 Å². The predicted octanol–water partition coefficient (Wildman–Crippen LogP) is 3.89. The number of nitrogens with zero attached hydrogens (tertiary/aromatic N) is 2. The van der Waals surface area contributed by atoms with Gasteiger partial charge in [0.25, 0.3) is 0 Å². The molecule has 0 saturated heterocycles. The second-order valence-corrected chi connectivity index (χ2v) is 6.83. The lowest BCUT2D eigenvalue weighted by Gasteiger charge is -2.22. The van der Waals surface area contributed by atoms with Crippen LogP contribution < -0.4 is 0 Å². The number of rotatable bonds is 7. The van der Waals surface area contributed by atoms with Crippen LogP contribution in [0.5, 0.6) is 0 Å². The Morgan fingerprint density at radius 2 is 1.87 bits per heavy atom. The molecule has 23 heavy (non-hydrogen) atoms. The first-order valence-corrected chi connectivity index (χ1v) is 8.77. The number of pyridine rings is 1. The van der Waals surface area contributed by atoms with Crippen LogP contribution in [0.1, 0.15) is 24.8 Å². The summed E-state index contributed by atoms with van der Waals surface area (Å²) in [6.45, 7) is 0.660. The van der Waals surface area contributed by atoms with E-state index < -0.39 is 0 Å². The average Bonchev–Trinajstić information content (AvgIpc) is 3.40. The third-order valence-electron chi connectivity index (χ3n) is 3.81. The van der Waals surface area contributed by atoms with Crippen LogP contribution in [0, 0.1) is 5.82 Å². The van der Waals surface area contributed by atoms with Gasteiger partial charge in [-0.1, -0.05) is 0 Å². The zero-order valence-corrected chi connectivity index (χ0v) is 13.6. The van der Waals surface area contributed by atoms with E-state index in [1.54, 1.807) is 36.3 Å². The van der Waals surface area contributed by atoms with Crippen LogP contribution in [0.3, 0.4) is 0 Å². The van der Waals surface area contributed by atoms with Crippen LogP contribution in [0.4, 0.5) is 4.39 Å². The second-order valence-electron chi connectivity index (χ2n) is 5.66. The molecule has 1 heterocycles. The summed E-state index contributed by atoms with van der Waals surface area (Å²) >= 11 is 1.59. The SMILES string of the molecule is O=C(CCSc1ccc(F)cc1)N(Cc1ccncc1)C1CC1. The molecular weight excluding hydrogens is 311 g/mol. The number of aromatic nitrogens is 1. The van der Waals surface area contributed by atoms with Gasteiger partial charge < -0.3 is 4.90 Å². The molecule has 1 aliphatic carbocycles. The molecule has 0 radical (unpaired) electrons. The highest BCUT2D eigenvalue weighted by atomic mass is 32.2. The lowest BCUT2D eigenvalue weighted by atomic mass is 10.2. The Morgan fingerprint density at radius 1 is 1.17 bits per heavy atom. The van der Waals surface area contributed by atoms with Gasteiger partial charge in [-0.05, 0) is 54.8 Å². The first kappa shape index (κ1) is 16.0. The van der Waals surface area contributed by atoms with Gasteiger partial charge in [-0.2, -0.15) is 0 Å². The summed E-state index contributed by atoms with van der Waals surface area (Å²) < 4.78 is 12.9. The zero-order chi connectivity index (χ0) is 16.1. The first-order valence-electron chi connectivity index (χ1n) is 7.79. The normalized spacial score (nSPS) is 13.8. The minimum Gasteiger partial charge on any atom is -0.335 e. The van der Waals surface area contributed by atoms with Crippen LogP contribution in [0.25, 0.3) is 0 Å². The van der Waals surface area contributed by atoms with Crippen molar-refractivity contribution in [2.75, 3.05) is 5.75 Å². The smallest absolute Gasteiger partial charge is 0.223 e. The monoisotopic (exact) mass is 330 g/mol. The van der Waals surface area contributed by atoms with Crippen molar-refractivity contribution >= 4 is 17.7 Å². The van der Waals surface area contributed by atoms with Gasteiger partial charge in [0.1, 0.15) is 5.82 Å². The van der Waals surface area contributed by atoms with E-state index in [0.29, 0.717) is 24.8 Å². The summed E-state index contributed by atoms with van der Waals surface area (Å²) in [5.41, 5.74) is 1.12. The van der Waals surface area contributed by atoms with Crippen molar-refractivity contribution in [1.82, 2.24) is 9.88 Å². The molecule has 2 aromatic rings. The zero-order valence-electron chi connectivity index (χ0n) is 12.8. The molecule has 1 aromatic heterocycles. The van der Waals surface area contributed by atoms with E-state index in [1.165, 1.54) is 12.1 Å². The highest BCUT2D eigenvalue weighted by Crippen LogP contribution is 2.29. The summed E-state index contributed by atoms with van der Waals surface area (Å²) in [7, 11) is 0. The Kier molecular flexibility index (Phi) is 5.28. The van der Waals surface area contributed by atoms with Crippen molar-refractivity contribution in [2.45, 2.75) is 36.7 Å². The van der Waals surface area contributed by atoms with Crippen LogP contribution in [-0.4, -0.2) is 27.6 Å². The fraction of sp³-hybridized carbons (Fsp3) is 0.333. The fourth-order valence-electron chi connectivity index (χ4n) is 2.42. The lowest BCUT2D eigenvalue weighted by molar-refractivity contribution is -0.131. The summed E-state index contributed by atoms with van der Waals surface area (Å²) in [5.74, 6) is 0.672. The van der Waals surface area contributed by atoms with E-state index in [-0.39, 0.29) is 11.7 Å². The van der Waals surface area contributed by atoms with Crippen molar-refractivity contribution in [2.24, 2.45) is 0 Å². The summed E-state index contributed by atoms with van der Waals surface area (Å²) in [6, 6.07) is 10.7. The van der Waals surface area contributed by atoms with Gasteiger partial charge in [-0.3, -0.25) is 9.78 Å². The fourth-order valence-corrected chi connectivity index (χ4v) is 3.26. The van der Waals surface area contributed by atoms with E-state index in [4.69, 9.17) is 0 Å². The highest BCUT2D eigenvalue weighted by Gasteiger charge is 2.32. The summed E-state index contributed by atoms with van der Waals surface area (Å²) in [4.78, 5) is 19.5. The molecule has 0 aliphatic heterocycles. The maximum Gasteiger partial charge on any atom is 0.223 e. The molecule has 1 fully saturated rings. The van der Waals surface area contributed by atoms with Crippen LogP contribution in [-0.2, 0) is 11.3 Å². The van der Waals surface area contributed by atoms with Crippen molar-refractivity contribution in [3.8, 4) is 0 Å². The molecule has 1 aliphatic rings. The Bertz CT molecular complexity index is 644. The van der Waals surface area contributed by atoms with Gasteiger partial charge in [0.15, 0.2) is 0 Å².